The fourth-order valence-electron chi connectivity index (χ4n) is 3.36. The molecule has 5 N–H and O–H groups in total. The number of H-pyrrole nitrogens is 1. The molecule has 5 rings (SSSR count). The fourth-order valence-corrected chi connectivity index (χ4v) is 4.58. The molecule has 2 aromatic heterocycles. The van der Waals surface area contributed by atoms with Crippen molar-refractivity contribution in [3.05, 3.63) is 108 Å². The smallest absolute Gasteiger partial charge is 0.269 e. The highest BCUT2D eigenvalue weighted by molar-refractivity contribution is 7.85. The molecule has 9 nitrogen and oxygen atoms in total. The Hall–Kier alpha value is -3.77. The molecule has 0 spiro atoms. The second kappa shape index (κ2) is 11.8. The lowest BCUT2D eigenvalue weighted by Gasteiger charge is -1.95. The molecule has 36 heavy (non-hydrogen) atoms. The van der Waals surface area contributed by atoms with Crippen molar-refractivity contribution < 1.29 is 25.9 Å². The number of anilines is 1. The van der Waals surface area contributed by atoms with Crippen LogP contribution >= 0.6 is 0 Å². The Bertz CT molecular complexity index is 1570. The predicted molar refractivity (Wildman–Crippen MR) is 141 cm³/mol. The van der Waals surface area contributed by atoms with Gasteiger partial charge >= 0.3 is 0 Å². The third-order valence-electron chi connectivity index (χ3n) is 4.85. The molecule has 0 aliphatic carbocycles. The van der Waals surface area contributed by atoms with Gasteiger partial charge in [-0.15, -0.1) is 0 Å². The van der Waals surface area contributed by atoms with E-state index in [2.05, 4.69) is 9.97 Å². The zero-order valence-electron chi connectivity index (χ0n) is 19.0. The molecule has 0 saturated carbocycles. The number of nitrogens with one attached hydrogen (secondary N) is 1. The first kappa shape index (κ1) is 26.8. The van der Waals surface area contributed by atoms with Crippen LogP contribution in [0.5, 0.6) is 0 Å². The summed E-state index contributed by atoms with van der Waals surface area (Å²) in [7, 11) is -7.75. The molecule has 0 bridgehead atoms. The van der Waals surface area contributed by atoms with E-state index in [4.69, 9.17) is 14.8 Å². The van der Waals surface area contributed by atoms with Crippen molar-refractivity contribution in [1.82, 2.24) is 9.97 Å². The van der Waals surface area contributed by atoms with E-state index in [1.54, 1.807) is 66.9 Å². The van der Waals surface area contributed by atoms with Crippen LogP contribution in [-0.4, -0.2) is 35.9 Å². The number of hydrogen-bond donors (Lipinski definition) is 4. The van der Waals surface area contributed by atoms with Gasteiger partial charge in [0.05, 0.1) is 11.2 Å². The van der Waals surface area contributed by atoms with Gasteiger partial charge < -0.3 is 10.7 Å². The molecule has 11 heteroatoms. The summed E-state index contributed by atoms with van der Waals surface area (Å²) >= 11 is 0. The normalized spacial score (nSPS) is 11.3. The molecule has 0 fully saturated rings. The summed E-state index contributed by atoms with van der Waals surface area (Å²) in [4.78, 5) is 7.39. The average Bonchev–Trinajstić information content (AvgIpc) is 3.19. The van der Waals surface area contributed by atoms with Crippen molar-refractivity contribution in [2.24, 2.45) is 0 Å². The maximum absolute atomic E-state index is 10.4. The van der Waals surface area contributed by atoms with Crippen LogP contribution in [0.3, 0.4) is 0 Å². The van der Waals surface area contributed by atoms with Gasteiger partial charge in [0.1, 0.15) is 11.5 Å². The lowest BCUT2D eigenvalue weighted by Crippen LogP contribution is -2.00. The maximum Gasteiger partial charge on any atom is 0.269 e. The van der Waals surface area contributed by atoms with E-state index >= 15 is 0 Å². The lowest BCUT2D eigenvalue weighted by atomic mass is 10.2. The Morgan fingerprint density at radius 1 is 0.694 bits per heavy atom. The molecule has 2 heterocycles. The van der Waals surface area contributed by atoms with Gasteiger partial charge in [-0.25, -0.2) is 0 Å². The number of benzene rings is 3. The summed E-state index contributed by atoms with van der Waals surface area (Å²) in [6.45, 7) is 0. The molecule has 0 unspecified atom stereocenters. The summed E-state index contributed by atoms with van der Waals surface area (Å²) in [5.74, 6) is -0.623. The summed E-state index contributed by atoms with van der Waals surface area (Å²) in [5, 5.41) is 2.25. The Balaban J connectivity index is 0.000000153. The number of pyridine rings is 1. The third-order valence-corrected chi connectivity index (χ3v) is 6.25. The number of nitrogens with zero attached hydrogens (tertiary/aromatic N) is 1. The Morgan fingerprint density at radius 3 is 1.72 bits per heavy atom. The van der Waals surface area contributed by atoms with Gasteiger partial charge in [-0.1, -0.05) is 72.8 Å². The zero-order chi connectivity index (χ0) is 26.2. The standard InChI is InChI=1S/C11H9N3.2C7H8O3S/c12-9-3-1-2-7-8-6-13-5-4-10(8)14-11(7)9;2*8-11(9,10)6-7-4-2-1-3-5-7/h1-6,14H,12H2;2*1-5H,6H2,(H,8,9,10). The van der Waals surface area contributed by atoms with E-state index in [1.807, 2.05) is 30.5 Å². The van der Waals surface area contributed by atoms with Crippen LogP contribution in [0.1, 0.15) is 11.1 Å². The largest absolute Gasteiger partial charge is 0.397 e. The number of nitrogen functional groups attached to an aromatic ring is 1. The number of aromatic nitrogens is 2. The van der Waals surface area contributed by atoms with Gasteiger partial charge in [-0.3, -0.25) is 14.1 Å². The number of nitrogens with two attached hydrogens (primary N) is 1. The van der Waals surface area contributed by atoms with Crippen molar-refractivity contribution in [1.29, 1.82) is 0 Å². The molecule has 0 saturated heterocycles. The van der Waals surface area contributed by atoms with E-state index in [-0.39, 0.29) is 11.5 Å². The molecular weight excluding hydrogens is 502 g/mol. The third kappa shape index (κ3) is 8.47. The molecule has 0 radical (unpaired) electrons. The number of para-hydroxylation sites is 1. The van der Waals surface area contributed by atoms with Crippen molar-refractivity contribution in [3.63, 3.8) is 0 Å². The maximum atomic E-state index is 10.4. The molecule has 3 aromatic carbocycles. The van der Waals surface area contributed by atoms with E-state index in [0.29, 0.717) is 11.1 Å². The Labute approximate surface area is 209 Å². The summed E-state index contributed by atoms with van der Waals surface area (Å²) in [5.41, 5.74) is 9.90. The van der Waals surface area contributed by atoms with E-state index in [9.17, 15) is 16.8 Å². The molecular formula is C25H25N3O6S2. The number of fused-ring (bicyclic) bond motifs is 3. The minimum Gasteiger partial charge on any atom is -0.397 e. The highest BCUT2D eigenvalue weighted by Crippen LogP contribution is 2.27. The van der Waals surface area contributed by atoms with Gasteiger partial charge in [0.2, 0.25) is 0 Å². The number of aromatic amines is 1. The minimum absolute atomic E-state index is 0.312. The molecule has 5 aromatic rings. The lowest BCUT2D eigenvalue weighted by molar-refractivity contribution is 0.479. The number of rotatable bonds is 4. The summed E-state index contributed by atoms with van der Waals surface area (Å²) < 4.78 is 58.3. The Kier molecular flexibility index (Phi) is 8.78. The van der Waals surface area contributed by atoms with Crippen LogP contribution in [0, 0.1) is 0 Å². The molecule has 0 amide bonds. The predicted octanol–water partition coefficient (Wildman–Crippen LogP) is 4.45. The second-order valence-corrected chi connectivity index (χ2v) is 10.6. The first-order chi connectivity index (χ1) is 17.0. The molecule has 0 atom stereocenters. The molecule has 0 aliphatic rings. The van der Waals surface area contributed by atoms with Gasteiger partial charge in [-0.2, -0.15) is 16.8 Å². The van der Waals surface area contributed by atoms with Gasteiger partial charge in [0.25, 0.3) is 20.2 Å². The van der Waals surface area contributed by atoms with Crippen molar-refractivity contribution >= 4 is 47.7 Å². The van der Waals surface area contributed by atoms with E-state index < -0.39 is 20.2 Å². The monoisotopic (exact) mass is 527 g/mol. The van der Waals surface area contributed by atoms with Crippen LogP contribution < -0.4 is 5.73 Å². The van der Waals surface area contributed by atoms with Crippen LogP contribution in [-0.2, 0) is 31.7 Å². The van der Waals surface area contributed by atoms with Crippen LogP contribution in [0.15, 0.2) is 97.3 Å². The average molecular weight is 528 g/mol. The Morgan fingerprint density at radius 2 is 1.22 bits per heavy atom. The quantitative estimate of drug-likeness (QED) is 0.197. The highest BCUT2D eigenvalue weighted by Gasteiger charge is 2.06. The van der Waals surface area contributed by atoms with Gasteiger partial charge in [-0.05, 0) is 23.3 Å². The fraction of sp³-hybridized carbons (Fsp3) is 0.0800. The van der Waals surface area contributed by atoms with Gasteiger partial charge in [0, 0.05) is 28.7 Å². The summed E-state index contributed by atoms with van der Waals surface area (Å²) in [6, 6.07) is 24.9. The van der Waals surface area contributed by atoms with Crippen LogP contribution in [0.2, 0.25) is 0 Å². The van der Waals surface area contributed by atoms with Crippen LogP contribution in [0.25, 0.3) is 21.8 Å². The van der Waals surface area contributed by atoms with Gasteiger partial charge in [0.15, 0.2) is 0 Å². The zero-order valence-corrected chi connectivity index (χ0v) is 20.7. The van der Waals surface area contributed by atoms with Crippen molar-refractivity contribution in [3.8, 4) is 0 Å². The highest BCUT2D eigenvalue weighted by atomic mass is 32.2. The number of hydrogen-bond acceptors (Lipinski definition) is 6. The SMILES string of the molecule is Nc1cccc2c1[nH]c1ccncc12.O=S(=O)(O)Cc1ccccc1.O=S(=O)(O)Cc1ccccc1. The molecule has 0 aliphatic heterocycles. The van der Waals surface area contributed by atoms with E-state index in [0.717, 1.165) is 27.5 Å². The topological polar surface area (TPSA) is 163 Å². The van der Waals surface area contributed by atoms with E-state index in [1.165, 1.54) is 0 Å². The van der Waals surface area contributed by atoms with Crippen LogP contribution in [0.4, 0.5) is 5.69 Å². The first-order valence-electron chi connectivity index (χ1n) is 10.6. The summed E-state index contributed by atoms with van der Waals surface area (Å²) in [6.07, 6.45) is 3.63. The van der Waals surface area contributed by atoms with Crippen molar-refractivity contribution in [2.45, 2.75) is 11.5 Å². The second-order valence-electron chi connectivity index (χ2n) is 7.74. The molecule has 188 valence electrons. The van der Waals surface area contributed by atoms with Crippen molar-refractivity contribution in [2.75, 3.05) is 5.73 Å². The first-order valence-corrected chi connectivity index (χ1v) is 13.8. The minimum atomic E-state index is -3.88.